The minimum Gasteiger partial charge on any atom is -0.481 e. The van der Waals surface area contributed by atoms with Crippen LogP contribution < -0.4 is 10.1 Å². The Morgan fingerprint density at radius 2 is 1.89 bits per heavy atom. The maximum Gasteiger partial charge on any atom is 0.425 e. The molecule has 19 heavy (non-hydrogen) atoms. The van der Waals surface area contributed by atoms with Gasteiger partial charge in [0.25, 0.3) is 0 Å². The number of rotatable bonds is 5. The van der Waals surface area contributed by atoms with Gasteiger partial charge in [0, 0.05) is 11.6 Å². The van der Waals surface area contributed by atoms with Crippen LogP contribution in [0.2, 0.25) is 0 Å². The molecular weight excluding hydrogens is 262 g/mol. The van der Waals surface area contributed by atoms with Crippen LogP contribution in [0.3, 0.4) is 0 Å². The van der Waals surface area contributed by atoms with E-state index in [0.29, 0.717) is 6.54 Å². The molecule has 0 spiro atoms. The molecular formula is C13H17F4NO. The van der Waals surface area contributed by atoms with Crippen molar-refractivity contribution in [2.75, 3.05) is 6.54 Å². The van der Waals surface area contributed by atoms with Gasteiger partial charge in [-0.05, 0) is 32.5 Å². The number of hydrogen-bond acceptors (Lipinski definition) is 2. The Morgan fingerprint density at radius 1 is 1.26 bits per heavy atom. The van der Waals surface area contributed by atoms with Gasteiger partial charge >= 0.3 is 6.18 Å². The van der Waals surface area contributed by atoms with Crippen molar-refractivity contribution >= 4 is 0 Å². The predicted octanol–water partition coefficient (Wildman–Crippen LogP) is 3.83. The maximum atomic E-state index is 13.8. The highest BCUT2D eigenvalue weighted by Gasteiger charge is 2.38. The summed E-state index contributed by atoms with van der Waals surface area (Å²) in [6.45, 7) is 4.97. The van der Waals surface area contributed by atoms with Crippen molar-refractivity contribution in [2.24, 2.45) is 0 Å². The van der Waals surface area contributed by atoms with Crippen LogP contribution in [-0.4, -0.2) is 18.8 Å². The lowest BCUT2D eigenvalue weighted by Crippen LogP contribution is -2.32. The molecule has 0 aliphatic carbocycles. The van der Waals surface area contributed by atoms with Gasteiger partial charge in [-0.25, -0.2) is 4.39 Å². The molecule has 108 valence electrons. The summed E-state index contributed by atoms with van der Waals surface area (Å²) < 4.78 is 56.1. The third-order valence-electron chi connectivity index (χ3n) is 2.72. The summed E-state index contributed by atoms with van der Waals surface area (Å²) in [6, 6.07) is 3.44. The second-order valence-corrected chi connectivity index (χ2v) is 4.23. The summed E-state index contributed by atoms with van der Waals surface area (Å²) in [5.41, 5.74) is 0.112. The van der Waals surface area contributed by atoms with E-state index in [1.54, 1.807) is 6.92 Å². The molecule has 0 saturated heterocycles. The Kier molecular flexibility index (Phi) is 5.17. The number of nitrogens with one attached hydrogen (secondary N) is 1. The molecule has 2 atom stereocenters. The van der Waals surface area contributed by atoms with Crippen molar-refractivity contribution in [1.82, 2.24) is 5.32 Å². The highest BCUT2D eigenvalue weighted by Crippen LogP contribution is 2.31. The topological polar surface area (TPSA) is 21.3 Å². The van der Waals surface area contributed by atoms with Crippen LogP contribution in [0.15, 0.2) is 18.2 Å². The van der Waals surface area contributed by atoms with E-state index in [1.165, 1.54) is 18.2 Å². The third kappa shape index (κ3) is 4.09. The summed E-state index contributed by atoms with van der Waals surface area (Å²) in [4.78, 5) is 0. The average molecular weight is 279 g/mol. The Bertz CT molecular complexity index is 420. The molecule has 1 aromatic rings. The molecule has 0 saturated carbocycles. The summed E-state index contributed by atoms with van der Waals surface area (Å²) in [7, 11) is 0. The van der Waals surface area contributed by atoms with Crippen LogP contribution in [0.5, 0.6) is 5.75 Å². The second kappa shape index (κ2) is 6.23. The quantitative estimate of drug-likeness (QED) is 0.827. The summed E-state index contributed by atoms with van der Waals surface area (Å²) in [5, 5.41) is 2.95. The predicted molar refractivity (Wildman–Crippen MR) is 64.6 cm³/mol. The minimum atomic E-state index is -4.48. The van der Waals surface area contributed by atoms with E-state index < -0.39 is 24.1 Å². The van der Waals surface area contributed by atoms with Crippen LogP contribution in [-0.2, 0) is 0 Å². The van der Waals surface area contributed by atoms with E-state index >= 15 is 0 Å². The van der Waals surface area contributed by atoms with E-state index in [-0.39, 0.29) is 11.3 Å². The lowest BCUT2D eigenvalue weighted by atomic mass is 10.1. The molecule has 0 aliphatic heterocycles. The van der Waals surface area contributed by atoms with Crippen LogP contribution in [0, 0.1) is 5.82 Å². The molecule has 0 aromatic heterocycles. The molecule has 0 bridgehead atoms. The average Bonchev–Trinajstić information content (AvgIpc) is 2.27. The molecule has 0 fully saturated rings. The molecule has 0 aliphatic rings. The smallest absolute Gasteiger partial charge is 0.425 e. The molecule has 1 aromatic carbocycles. The summed E-state index contributed by atoms with van der Waals surface area (Å²) >= 11 is 0. The molecule has 2 unspecified atom stereocenters. The van der Waals surface area contributed by atoms with Crippen molar-refractivity contribution in [3.05, 3.63) is 29.6 Å². The fraction of sp³-hybridized carbons (Fsp3) is 0.538. The highest BCUT2D eigenvalue weighted by molar-refractivity contribution is 5.37. The van der Waals surface area contributed by atoms with Gasteiger partial charge in [0.05, 0.1) is 0 Å². The lowest BCUT2D eigenvalue weighted by molar-refractivity contribution is -0.189. The molecule has 0 amide bonds. The Hall–Kier alpha value is -1.30. The standard InChI is InChI=1S/C13H17F4NO/c1-4-18-8(2)12-10(14)6-5-7-11(12)19-9(3)13(15,16)17/h5-9,18H,4H2,1-3H3. The van der Waals surface area contributed by atoms with Crippen LogP contribution in [0.4, 0.5) is 17.6 Å². The Labute approximate surface area is 109 Å². The number of ether oxygens (including phenoxy) is 1. The van der Waals surface area contributed by atoms with Gasteiger partial charge in [-0.2, -0.15) is 13.2 Å². The SMILES string of the molecule is CCNC(C)c1c(F)cccc1OC(C)C(F)(F)F. The first kappa shape index (κ1) is 15.8. The van der Waals surface area contributed by atoms with Gasteiger partial charge in [0.15, 0.2) is 6.10 Å². The second-order valence-electron chi connectivity index (χ2n) is 4.23. The van der Waals surface area contributed by atoms with Gasteiger partial charge in [-0.1, -0.05) is 13.0 Å². The van der Waals surface area contributed by atoms with E-state index in [0.717, 1.165) is 6.92 Å². The van der Waals surface area contributed by atoms with Crippen molar-refractivity contribution in [3.8, 4) is 5.75 Å². The fourth-order valence-corrected chi connectivity index (χ4v) is 1.71. The zero-order chi connectivity index (χ0) is 14.6. The molecule has 1 N–H and O–H groups in total. The zero-order valence-corrected chi connectivity index (χ0v) is 11.0. The van der Waals surface area contributed by atoms with Crippen molar-refractivity contribution in [1.29, 1.82) is 0 Å². The Balaban J connectivity index is 3.04. The summed E-state index contributed by atoms with van der Waals surface area (Å²) in [6.07, 6.45) is -6.47. The largest absolute Gasteiger partial charge is 0.481 e. The van der Waals surface area contributed by atoms with Gasteiger partial charge in [0.1, 0.15) is 11.6 Å². The molecule has 6 heteroatoms. The van der Waals surface area contributed by atoms with Gasteiger partial charge in [-0.3, -0.25) is 0 Å². The number of halogens is 4. The van der Waals surface area contributed by atoms with Crippen LogP contribution in [0.1, 0.15) is 32.4 Å². The van der Waals surface area contributed by atoms with E-state index in [1.807, 2.05) is 6.92 Å². The van der Waals surface area contributed by atoms with Crippen molar-refractivity contribution < 1.29 is 22.3 Å². The van der Waals surface area contributed by atoms with Crippen molar-refractivity contribution in [3.63, 3.8) is 0 Å². The van der Waals surface area contributed by atoms with Gasteiger partial charge in [0.2, 0.25) is 0 Å². The summed E-state index contributed by atoms with van der Waals surface area (Å²) in [5.74, 6) is -0.668. The van der Waals surface area contributed by atoms with Gasteiger partial charge in [-0.15, -0.1) is 0 Å². The lowest BCUT2D eigenvalue weighted by Gasteiger charge is -2.22. The molecule has 2 nitrogen and oxygen atoms in total. The first-order valence-corrected chi connectivity index (χ1v) is 6.02. The first-order chi connectivity index (χ1) is 8.77. The highest BCUT2D eigenvalue weighted by atomic mass is 19.4. The van der Waals surface area contributed by atoms with E-state index in [4.69, 9.17) is 4.74 Å². The fourth-order valence-electron chi connectivity index (χ4n) is 1.71. The normalized spacial score (nSPS) is 15.1. The molecule has 0 radical (unpaired) electrons. The number of benzene rings is 1. The van der Waals surface area contributed by atoms with Crippen molar-refractivity contribution in [2.45, 2.75) is 39.1 Å². The molecule has 0 heterocycles. The minimum absolute atomic E-state index is 0.0849. The number of hydrogen-bond donors (Lipinski definition) is 1. The number of alkyl halides is 3. The van der Waals surface area contributed by atoms with Crippen LogP contribution in [0.25, 0.3) is 0 Å². The third-order valence-corrected chi connectivity index (χ3v) is 2.72. The van der Waals surface area contributed by atoms with Crippen LogP contribution >= 0.6 is 0 Å². The Morgan fingerprint density at radius 3 is 2.42 bits per heavy atom. The van der Waals surface area contributed by atoms with E-state index in [9.17, 15) is 17.6 Å². The monoisotopic (exact) mass is 279 g/mol. The molecule has 1 rings (SSSR count). The maximum absolute atomic E-state index is 13.8. The van der Waals surface area contributed by atoms with E-state index in [2.05, 4.69) is 5.32 Å². The van der Waals surface area contributed by atoms with Gasteiger partial charge < -0.3 is 10.1 Å². The first-order valence-electron chi connectivity index (χ1n) is 6.02. The zero-order valence-electron chi connectivity index (χ0n) is 11.0.